The van der Waals surface area contributed by atoms with Gasteiger partial charge in [0.2, 0.25) is 11.7 Å². The molecule has 7 nitrogen and oxygen atoms in total. The van der Waals surface area contributed by atoms with Crippen LogP contribution in [0.1, 0.15) is 21.8 Å². The summed E-state index contributed by atoms with van der Waals surface area (Å²) in [6, 6.07) is 9.84. The average Bonchev–Trinajstić information content (AvgIpc) is 3.17. The molecule has 2 aromatic heterocycles. The van der Waals surface area contributed by atoms with Crippen molar-refractivity contribution < 1.29 is 9.32 Å². The summed E-state index contributed by atoms with van der Waals surface area (Å²) < 4.78 is 6.22. The Morgan fingerprint density at radius 3 is 2.61 bits per heavy atom. The Morgan fingerprint density at radius 2 is 1.89 bits per heavy atom. The fourth-order valence-electron chi connectivity index (χ4n) is 3.15. The Bertz CT molecular complexity index is 965. The minimum Gasteiger partial charge on any atom is -0.338 e. The fourth-order valence-corrected chi connectivity index (χ4v) is 3.52. The van der Waals surface area contributed by atoms with Crippen LogP contribution in [0.4, 0.5) is 0 Å². The molecule has 1 amide bonds. The van der Waals surface area contributed by atoms with E-state index in [1.807, 2.05) is 36.1 Å². The zero-order valence-corrected chi connectivity index (χ0v) is 17.1. The van der Waals surface area contributed by atoms with E-state index >= 15 is 0 Å². The number of nitrogens with zero attached hydrogens (tertiary/aromatic N) is 5. The van der Waals surface area contributed by atoms with Crippen molar-refractivity contribution >= 4 is 21.8 Å². The number of piperazine rings is 1. The number of aromatic nitrogens is 3. The molecule has 0 bridgehead atoms. The highest BCUT2D eigenvalue weighted by Gasteiger charge is 2.23. The average molecular weight is 442 g/mol. The standard InChI is InChI=1S/C20H20BrN5O2/c1-14-2-4-15(5-3-14)19-23-18(28-24-19)13-25-6-8-26(9-7-25)20(27)16-10-17(21)12-22-11-16/h2-5,10-12H,6-9,13H2,1H3. The predicted molar refractivity (Wildman–Crippen MR) is 108 cm³/mol. The van der Waals surface area contributed by atoms with Crippen LogP contribution >= 0.6 is 15.9 Å². The highest BCUT2D eigenvalue weighted by Crippen LogP contribution is 2.18. The van der Waals surface area contributed by atoms with Crippen LogP contribution < -0.4 is 0 Å². The smallest absolute Gasteiger partial charge is 0.255 e. The van der Waals surface area contributed by atoms with Gasteiger partial charge in [0.1, 0.15) is 0 Å². The minimum absolute atomic E-state index is 0.00731. The molecule has 1 aromatic carbocycles. The van der Waals surface area contributed by atoms with Gasteiger partial charge in [0, 0.05) is 48.6 Å². The molecule has 0 radical (unpaired) electrons. The largest absolute Gasteiger partial charge is 0.338 e. The zero-order chi connectivity index (χ0) is 19.5. The van der Waals surface area contributed by atoms with Gasteiger partial charge in [-0.1, -0.05) is 35.0 Å². The second-order valence-electron chi connectivity index (χ2n) is 6.84. The van der Waals surface area contributed by atoms with Gasteiger partial charge < -0.3 is 9.42 Å². The number of hydrogen-bond donors (Lipinski definition) is 0. The van der Waals surface area contributed by atoms with Gasteiger partial charge in [0.25, 0.3) is 5.91 Å². The van der Waals surface area contributed by atoms with E-state index in [1.165, 1.54) is 5.56 Å². The maximum atomic E-state index is 12.6. The molecular formula is C20H20BrN5O2. The van der Waals surface area contributed by atoms with Crippen molar-refractivity contribution in [3.05, 3.63) is 64.2 Å². The van der Waals surface area contributed by atoms with Gasteiger partial charge in [0.15, 0.2) is 0 Å². The van der Waals surface area contributed by atoms with E-state index < -0.39 is 0 Å². The number of aryl methyl sites for hydroxylation is 1. The van der Waals surface area contributed by atoms with Crippen molar-refractivity contribution in [2.24, 2.45) is 0 Å². The molecule has 8 heteroatoms. The normalized spacial score (nSPS) is 15.0. The van der Waals surface area contributed by atoms with Crippen LogP contribution in [0.25, 0.3) is 11.4 Å². The van der Waals surface area contributed by atoms with Crippen LogP contribution in [0.15, 0.2) is 51.7 Å². The van der Waals surface area contributed by atoms with Crippen LogP contribution in [-0.4, -0.2) is 57.0 Å². The van der Waals surface area contributed by atoms with Crippen molar-refractivity contribution in [2.75, 3.05) is 26.2 Å². The highest BCUT2D eigenvalue weighted by atomic mass is 79.9. The van der Waals surface area contributed by atoms with Gasteiger partial charge in [-0.3, -0.25) is 14.7 Å². The van der Waals surface area contributed by atoms with E-state index in [4.69, 9.17) is 4.52 Å². The lowest BCUT2D eigenvalue weighted by Gasteiger charge is -2.33. The molecule has 0 aliphatic carbocycles. The molecule has 0 N–H and O–H groups in total. The zero-order valence-electron chi connectivity index (χ0n) is 15.5. The molecule has 1 aliphatic heterocycles. The molecule has 0 atom stereocenters. The third-order valence-corrected chi connectivity index (χ3v) is 5.18. The highest BCUT2D eigenvalue weighted by molar-refractivity contribution is 9.10. The number of carbonyl (C=O) groups is 1. The Morgan fingerprint density at radius 1 is 1.14 bits per heavy atom. The Labute approximate surface area is 171 Å². The number of halogens is 1. The lowest BCUT2D eigenvalue weighted by atomic mass is 10.1. The molecule has 0 spiro atoms. The summed E-state index contributed by atoms with van der Waals surface area (Å²) in [4.78, 5) is 25.2. The van der Waals surface area contributed by atoms with Crippen molar-refractivity contribution in [3.63, 3.8) is 0 Å². The molecule has 3 aromatic rings. The van der Waals surface area contributed by atoms with Crippen molar-refractivity contribution in [3.8, 4) is 11.4 Å². The van der Waals surface area contributed by atoms with E-state index in [2.05, 4.69) is 36.0 Å². The number of benzene rings is 1. The second kappa shape index (κ2) is 8.20. The van der Waals surface area contributed by atoms with Gasteiger partial charge in [0.05, 0.1) is 12.1 Å². The number of carbonyl (C=O) groups excluding carboxylic acids is 1. The van der Waals surface area contributed by atoms with Crippen molar-refractivity contribution in [1.29, 1.82) is 0 Å². The molecule has 1 saturated heterocycles. The quantitative estimate of drug-likeness (QED) is 0.618. The minimum atomic E-state index is 0.00731. The van der Waals surface area contributed by atoms with E-state index in [-0.39, 0.29) is 5.91 Å². The monoisotopic (exact) mass is 441 g/mol. The summed E-state index contributed by atoms with van der Waals surface area (Å²) in [6.07, 6.45) is 3.27. The summed E-state index contributed by atoms with van der Waals surface area (Å²) in [6.45, 7) is 5.46. The maximum Gasteiger partial charge on any atom is 0.255 e. The first-order chi connectivity index (χ1) is 13.6. The molecule has 28 heavy (non-hydrogen) atoms. The molecular weight excluding hydrogens is 422 g/mol. The van der Waals surface area contributed by atoms with Crippen LogP contribution in [0.3, 0.4) is 0 Å². The van der Waals surface area contributed by atoms with Crippen LogP contribution in [0, 0.1) is 6.92 Å². The van der Waals surface area contributed by atoms with E-state index in [9.17, 15) is 4.79 Å². The third-order valence-electron chi connectivity index (χ3n) is 4.75. The summed E-state index contributed by atoms with van der Waals surface area (Å²) in [5, 5.41) is 4.08. The third kappa shape index (κ3) is 4.28. The van der Waals surface area contributed by atoms with E-state index in [1.54, 1.807) is 18.5 Å². The van der Waals surface area contributed by atoms with Gasteiger partial charge in [-0.05, 0) is 28.9 Å². The Balaban J connectivity index is 1.33. The molecule has 0 unspecified atom stereocenters. The van der Waals surface area contributed by atoms with Crippen LogP contribution in [0.2, 0.25) is 0 Å². The SMILES string of the molecule is Cc1ccc(-c2noc(CN3CCN(C(=O)c4cncc(Br)c4)CC3)n2)cc1. The van der Waals surface area contributed by atoms with Crippen molar-refractivity contribution in [1.82, 2.24) is 24.9 Å². The predicted octanol–water partition coefficient (Wildman–Crippen LogP) is 3.16. The van der Waals surface area contributed by atoms with Gasteiger partial charge in [-0.25, -0.2) is 0 Å². The Hall–Kier alpha value is -2.58. The lowest BCUT2D eigenvalue weighted by molar-refractivity contribution is 0.0614. The number of amides is 1. The summed E-state index contributed by atoms with van der Waals surface area (Å²) >= 11 is 3.36. The van der Waals surface area contributed by atoms with Gasteiger partial charge in [-0.2, -0.15) is 4.98 Å². The number of hydrogen-bond acceptors (Lipinski definition) is 6. The van der Waals surface area contributed by atoms with Crippen LogP contribution in [-0.2, 0) is 6.54 Å². The molecule has 3 heterocycles. The topological polar surface area (TPSA) is 75.4 Å². The van der Waals surface area contributed by atoms with E-state index in [0.29, 0.717) is 36.9 Å². The van der Waals surface area contributed by atoms with Crippen LogP contribution in [0.5, 0.6) is 0 Å². The molecule has 144 valence electrons. The van der Waals surface area contributed by atoms with Gasteiger partial charge >= 0.3 is 0 Å². The maximum absolute atomic E-state index is 12.6. The fraction of sp³-hybridized carbons (Fsp3) is 0.300. The number of pyridine rings is 1. The van der Waals surface area contributed by atoms with Crippen molar-refractivity contribution in [2.45, 2.75) is 13.5 Å². The van der Waals surface area contributed by atoms with E-state index in [0.717, 1.165) is 23.1 Å². The molecule has 1 aliphatic rings. The lowest BCUT2D eigenvalue weighted by Crippen LogP contribution is -2.48. The summed E-state index contributed by atoms with van der Waals surface area (Å²) in [5.74, 6) is 1.20. The Kier molecular flexibility index (Phi) is 5.50. The molecule has 4 rings (SSSR count). The number of rotatable bonds is 4. The summed E-state index contributed by atoms with van der Waals surface area (Å²) in [5.41, 5.74) is 2.74. The first-order valence-electron chi connectivity index (χ1n) is 9.10. The first kappa shape index (κ1) is 18.8. The molecule has 1 fully saturated rings. The second-order valence-corrected chi connectivity index (χ2v) is 7.75. The van der Waals surface area contributed by atoms with Gasteiger partial charge in [-0.15, -0.1) is 0 Å². The first-order valence-corrected chi connectivity index (χ1v) is 9.89. The summed E-state index contributed by atoms with van der Waals surface area (Å²) in [7, 11) is 0. The molecule has 0 saturated carbocycles.